The number of rotatable bonds is 4. The van der Waals surface area contributed by atoms with Gasteiger partial charge in [0, 0.05) is 36.6 Å². The second-order valence-corrected chi connectivity index (χ2v) is 5.03. The third-order valence-corrected chi connectivity index (χ3v) is 3.25. The van der Waals surface area contributed by atoms with Gasteiger partial charge in [0.05, 0.1) is 0 Å². The van der Waals surface area contributed by atoms with E-state index in [-0.39, 0.29) is 5.78 Å². The molecular weight excluding hydrogens is 222 g/mol. The zero-order valence-corrected chi connectivity index (χ0v) is 11.0. The number of halogens is 1. The van der Waals surface area contributed by atoms with Gasteiger partial charge in [-0.05, 0) is 12.1 Å². The molecule has 0 aromatic heterocycles. The number of carbonyl (C=O) groups is 1. The van der Waals surface area contributed by atoms with Crippen LogP contribution in [0.3, 0.4) is 0 Å². The van der Waals surface area contributed by atoms with Crippen LogP contribution in [0.5, 0.6) is 0 Å². The molecule has 0 aliphatic rings. The summed E-state index contributed by atoms with van der Waals surface area (Å²) in [6.07, 6.45) is 0. The van der Waals surface area contributed by atoms with Crippen molar-refractivity contribution >= 4 is 23.1 Å². The summed E-state index contributed by atoms with van der Waals surface area (Å²) in [6.45, 7) is 3.74. The van der Waals surface area contributed by atoms with E-state index < -0.39 is 5.41 Å². The molecule has 0 heterocycles. The van der Waals surface area contributed by atoms with E-state index in [4.69, 9.17) is 11.6 Å². The maximum Gasteiger partial charge on any atom is 0.171 e. The molecule has 0 aliphatic carbocycles. The van der Waals surface area contributed by atoms with E-state index in [1.54, 1.807) is 0 Å². The van der Waals surface area contributed by atoms with Gasteiger partial charge >= 0.3 is 0 Å². The summed E-state index contributed by atoms with van der Waals surface area (Å²) < 4.78 is 0. The molecule has 1 rings (SSSR count). The van der Waals surface area contributed by atoms with Crippen molar-refractivity contribution in [3.63, 3.8) is 0 Å². The SMILES string of the molecule is CN(C)c1ccccc1C(=O)C(C)(C)CCl. The van der Waals surface area contributed by atoms with Crippen LogP contribution in [0.4, 0.5) is 5.69 Å². The maximum atomic E-state index is 12.3. The number of benzene rings is 1. The number of Topliss-reactive ketones (excluding diaryl/α,β-unsaturated/α-hetero) is 1. The van der Waals surface area contributed by atoms with Gasteiger partial charge in [0.25, 0.3) is 0 Å². The molecular formula is C13H18ClNO. The van der Waals surface area contributed by atoms with Crippen LogP contribution in [0.15, 0.2) is 24.3 Å². The van der Waals surface area contributed by atoms with Gasteiger partial charge in [0.2, 0.25) is 0 Å². The standard InChI is InChI=1S/C13H18ClNO/c1-13(2,9-14)12(16)10-7-5-6-8-11(10)15(3)4/h5-8H,9H2,1-4H3. The molecule has 88 valence electrons. The third-order valence-electron chi connectivity index (χ3n) is 2.58. The molecule has 0 unspecified atom stereocenters. The average molecular weight is 240 g/mol. The van der Waals surface area contributed by atoms with Crippen molar-refractivity contribution < 1.29 is 4.79 Å². The smallest absolute Gasteiger partial charge is 0.171 e. The summed E-state index contributed by atoms with van der Waals surface area (Å²) in [5.41, 5.74) is 1.15. The highest BCUT2D eigenvalue weighted by Crippen LogP contribution is 2.28. The minimum Gasteiger partial charge on any atom is -0.377 e. The Morgan fingerprint density at radius 1 is 1.31 bits per heavy atom. The van der Waals surface area contributed by atoms with Crippen LogP contribution >= 0.6 is 11.6 Å². The first-order valence-corrected chi connectivity index (χ1v) is 5.80. The quantitative estimate of drug-likeness (QED) is 0.594. The van der Waals surface area contributed by atoms with Crippen LogP contribution < -0.4 is 4.90 Å². The minimum absolute atomic E-state index is 0.0896. The molecule has 0 N–H and O–H groups in total. The number of carbonyl (C=O) groups excluding carboxylic acids is 1. The van der Waals surface area contributed by atoms with Gasteiger partial charge in [-0.25, -0.2) is 0 Å². The molecule has 0 saturated heterocycles. The molecule has 0 radical (unpaired) electrons. The van der Waals surface area contributed by atoms with Gasteiger partial charge < -0.3 is 4.90 Å². The Labute approximate surface area is 102 Å². The topological polar surface area (TPSA) is 20.3 Å². The Balaban J connectivity index is 3.19. The maximum absolute atomic E-state index is 12.3. The number of ketones is 1. The van der Waals surface area contributed by atoms with Crippen molar-refractivity contribution in [1.29, 1.82) is 0 Å². The zero-order chi connectivity index (χ0) is 12.3. The Hall–Kier alpha value is -1.02. The van der Waals surface area contributed by atoms with Crippen LogP contribution in [-0.2, 0) is 0 Å². The van der Waals surface area contributed by atoms with Gasteiger partial charge in [-0.1, -0.05) is 26.0 Å². The lowest BCUT2D eigenvalue weighted by molar-refractivity contribution is 0.0862. The van der Waals surface area contributed by atoms with E-state index >= 15 is 0 Å². The zero-order valence-electron chi connectivity index (χ0n) is 10.2. The van der Waals surface area contributed by atoms with Crippen molar-refractivity contribution in [3.8, 4) is 0 Å². The van der Waals surface area contributed by atoms with Gasteiger partial charge in [-0.3, -0.25) is 4.79 Å². The number of nitrogens with zero attached hydrogens (tertiary/aromatic N) is 1. The molecule has 0 atom stereocenters. The first kappa shape index (κ1) is 13.0. The normalized spacial score (nSPS) is 11.3. The average Bonchev–Trinajstić information content (AvgIpc) is 2.28. The molecule has 0 amide bonds. The second-order valence-electron chi connectivity index (χ2n) is 4.76. The van der Waals surface area contributed by atoms with Crippen LogP contribution in [0, 0.1) is 5.41 Å². The van der Waals surface area contributed by atoms with Gasteiger partial charge in [0.1, 0.15) is 0 Å². The van der Waals surface area contributed by atoms with Crippen LogP contribution in [0.25, 0.3) is 0 Å². The molecule has 1 aromatic rings. The van der Waals surface area contributed by atoms with Crippen molar-refractivity contribution in [2.24, 2.45) is 5.41 Å². The summed E-state index contributed by atoms with van der Waals surface area (Å²) in [4.78, 5) is 14.3. The summed E-state index contributed by atoms with van der Waals surface area (Å²) in [7, 11) is 3.86. The summed E-state index contributed by atoms with van der Waals surface area (Å²) in [6, 6.07) is 7.61. The molecule has 0 bridgehead atoms. The number of alkyl halides is 1. The fraction of sp³-hybridized carbons (Fsp3) is 0.462. The highest BCUT2D eigenvalue weighted by atomic mass is 35.5. The lowest BCUT2D eigenvalue weighted by atomic mass is 9.85. The number of para-hydroxylation sites is 1. The van der Waals surface area contributed by atoms with E-state index in [1.807, 2.05) is 57.1 Å². The fourth-order valence-corrected chi connectivity index (χ4v) is 1.60. The molecule has 3 heteroatoms. The monoisotopic (exact) mass is 239 g/mol. The Morgan fingerprint density at radius 2 is 1.88 bits per heavy atom. The molecule has 0 fully saturated rings. The highest BCUT2D eigenvalue weighted by molar-refractivity contribution is 6.21. The van der Waals surface area contributed by atoms with E-state index in [0.717, 1.165) is 11.3 Å². The molecule has 2 nitrogen and oxygen atoms in total. The van der Waals surface area contributed by atoms with Crippen molar-refractivity contribution in [1.82, 2.24) is 0 Å². The molecule has 0 spiro atoms. The molecule has 0 aliphatic heterocycles. The highest BCUT2D eigenvalue weighted by Gasteiger charge is 2.29. The molecule has 1 aromatic carbocycles. The minimum atomic E-state index is -0.520. The van der Waals surface area contributed by atoms with Gasteiger partial charge in [-0.2, -0.15) is 0 Å². The van der Waals surface area contributed by atoms with E-state index in [0.29, 0.717) is 5.88 Å². The first-order valence-electron chi connectivity index (χ1n) is 5.27. The van der Waals surface area contributed by atoms with Crippen LogP contribution in [-0.4, -0.2) is 25.8 Å². The first-order chi connectivity index (χ1) is 7.40. The largest absolute Gasteiger partial charge is 0.377 e. The van der Waals surface area contributed by atoms with E-state index in [1.165, 1.54) is 0 Å². The van der Waals surface area contributed by atoms with Crippen molar-refractivity contribution in [2.45, 2.75) is 13.8 Å². The Kier molecular flexibility index (Phi) is 3.98. The summed E-state index contributed by atoms with van der Waals surface area (Å²) in [5.74, 6) is 0.417. The van der Waals surface area contributed by atoms with Gasteiger partial charge in [-0.15, -0.1) is 11.6 Å². The van der Waals surface area contributed by atoms with E-state index in [2.05, 4.69) is 0 Å². The van der Waals surface area contributed by atoms with Gasteiger partial charge in [0.15, 0.2) is 5.78 Å². The fourth-order valence-electron chi connectivity index (χ4n) is 1.48. The molecule has 16 heavy (non-hydrogen) atoms. The summed E-state index contributed by atoms with van der Waals surface area (Å²) >= 11 is 5.84. The predicted molar refractivity (Wildman–Crippen MR) is 69.6 cm³/mol. The lowest BCUT2D eigenvalue weighted by Crippen LogP contribution is -2.27. The Bertz CT molecular complexity index is 385. The molecule has 0 saturated carbocycles. The number of hydrogen-bond donors (Lipinski definition) is 0. The van der Waals surface area contributed by atoms with Crippen LogP contribution in [0.2, 0.25) is 0 Å². The third kappa shape index (κ3) is 2.56. The van der Waals surface area contributed by atoms with Crippen molar-refractivity contribution in [2.75, 3.05) is 24.9 Å². The predicted octanol–water partition coefficient (Wildman–Crippen LogP) is 3.20. The lowest BCUT2D eigenvalue weighted by Gasteiger charge is -2.23. The summed E-state index contributed by atoms with van der Waals surface area (Å²) in [5, 5.41) is 0. The second kappa shape index (κ2) is 4.88. The van der Waals surface area contributed by atoms with Crippen molar-refractivity contribution in [3.05, 3.63) is 29.8 Å². The Morgan fingerprint density at radius 3 is 2.38 bits per heavy atom. The number of hydrogen-bond acceptors (Lipinski definition) is 2. The van der Waals surface area contributed by atoms with Crippen LogP contribution in [0.1, 0.15) is 24.2 Å². The number of anilines is 1. The van der Waals surface area contributed by atoms with E-state index in [9.17, 15) is 4.79 Å².